The van der Waals surface area contributed by atoms with E-state index >= 15 is 0 Å². The number of nitrogen functional groups attached to an aromatic ring is 1. The van der Waals surface area contributed by atoms with Crippen molar-refractivity contribution in [2.75, 3.05) is 12.8 Å². The van der Waals surface area contributed by atoms with Gasteiger partial charge in [0.05, 0.1) is 12.8 Å². The smallest absolute Gasteiger partial charge is 0.150 e. The Labute approximate surface area is 120 Å². The molecule has 0 aliphatic carbocycles. The van der Waals surface area contributed by atoms with E-state index < -0.39 is 0 Å². The lowest BCUT2D eigenvalue weighted by atomic mass is 9.86. The van der Waals surface area contributed by atoms with Crippen molar-refractivity contribution in [1.82, 2.24) is 0 Å². The van der Waals surface area contributed by atoms with E-state index in [2.05, 4.69) is 20.8 Å². The number of hydrogen-bond donors (Lipinski definition) is 1. The van der Waals surface area contributed by atoms with Gasteiger partial charge in [0, 0.05) is 5.56 Å². The summed E-state index contributed by atoms with van der Waals surface area (Å²) in [6.45, 7) is 6.43. The second-order valence-electron chi connectivity index (χ2n) is 5.75. The molecule has 0 spiro atoms. The van der Waals surface area contributed by atoms with Crippen LogP contribution >= 0.6 is 0 Å². The molecule has 2 N–H and O–H groups in total. The van der Waals surface area contributed by atoms with E-state index in [1.54, 1.807) is 7.11 Å². The molecule has 0 heterocycles. The Morgan fingerprint density at radius 1 is 0.950 bits per heavy atom. The summed E-state index contributed by atoms with van der Waals surface area (Å²) in [7, 11) is 1.66. The van der Waals surface area contributed by atoms with E-state index in [-0.39, 0.29) is 5.41 Å². The third kappa shape index (κ3) is 3.05. The van der Waals surface area contributed by atoms with E-state index in [0.717, 1.165) is 17.1 Å². The summed E-state index contributed by atoms with van der Waals surface area (Å²) >= 11 is 0. The summed E-state index contributed by atoms with van der Waals surface area (Å²) in [6, 6.07) is 13.3. The normalized spacial score (nSPS) is 11.2. The highest BCUT2D eigenvalue weighted by Gasteiger charge is 2.20. The van der Waals surface area contributed by atoms with Crippen LogP contribution in [0.25, 0.3) is 0 Å². The minimum absolute atomic E-state index is 0.0482. The lowest BCUT2D eigenvalue weighted by Crippen LogP contribution is -2.13. The minimum Gasteiger partial charge on any atom is -0.497 e. The van der Waals surface area contributed by atoms with Gasteiger partial charge in [0.1, 0.15) is 17.2 Å². The van der Waals surface area contributed by atoms with E-state index in [9.17, 15) is 0 Å². The van der Waals surface area contributed by atoms with Gasteiger partial charge in [-0.15, -0.1) is 0 Å². The van der Waals surface area contributed by atoms with Gasteiger partial charge in [-0.3, -0.25) is 0 Å². The zero-order chi connectivity index (χ0) is 14.8. The average Bonchev–Trinajstić information content (AvgIpc) is 2.40. The topological polar surface area (TPSA) is 44.5 Å². The fourth-order valence-corrected chi connectivity index (χ4v) is 2.00. The SMILES string of the molecule is COc1ccc(Oc2ccccc2N)c(C(C)(C)C)c1. The maximum atomic E-state index is 5.99. The summed E-state index contributed by atoms with van der Waals surface area (Å²) in [5, 5.41) is 0. The molecule has 0 fully saturated rings. The number of ether oxygens (including phenoxy) is 2. The molecule has 0 saturated carbocycles. The molecule has 2 aromatic rings. The van der Waals surface area contributed by atoms with E-state index in [1.165, 1.54) is 0 Å². The lowest BCUT2D eigenvalue weighted by Gasteiger charge is -2.23. The second kappa shape index (κ2) is 5.45. The van der Waals surface area contributed by atoms with Gasteiger partial charge in [0.2, 0.25) is 0 Å². The Morgan fingerprint density at radius 2 is 1.65 bits per heavy atom. The monoisotopic (exact) mass is 271 g/mol. The number of nitrogens with two attached hydrogens (primary N) is 1. The number of rotatable bonds is 3. The largest absolute Gasteiger partial charge is 0.497 e. The first-order valence-electron chi connectivity index (χ1n) is 6.62. The van der Waals surface area contributed by atoms with Crippen molar-refractivity contribution in [3.8, 4) is 17.2 Å². The summed E-state index contributed by atoms with van der Waals surface area (Å²) in [6.07, 6.45) is 0. The molecule has 0 bridgehead atoms. The fourth-order valence-electron chi connectivity index (χ4n) is 2.00. The van der Waals surface area contributed by atoms with Crippen LogP contribution in [-0.4, -0.2) is 7.11 Å². The van der Waals surface area contributed by atoms with Crippen LogP contribution in [0.2, 0.25) is 0 Å². The van der Waals surface area contributed by atoms with Crippen LogP contribution in [0.1, 0.15) is 26.3 Å². The molecule has 0 aliphatic heterocycles. The van der Waals surface area contributed by atoms with Crippen molar-refractivity contribution in [2.24, 2.45) is 0 Å². The molecular formula is C17H21NO2. The molecule has 3 nitrogen and oxygen atoms in total. The lowest BCUT2D eigenvalue weighted by molar-refractivity contribution is 0.407. The Balaban J connectivity index is 2.44. The Bertz CT molecular complexity index is 600. The summed E-state index contributed by atoms with van der Waals surface area (Å²) < 4.78 is 11.3. The molecule has 0 aliphatic rings. The highest BCUT2D eigenvalue weighted by molar-refractivity contribution is 5.55. The Hall–Kier alpha value is -2.16. The van der Waals surface area contributed by atoms with Gasteiger partial charge >= 0.3 is 0 Å². The molecule has 0 saturated heterocycles. The highest BCUT2D eigenvalue weighted by atomic mass is 16.5. The van der Waals surface area contributed by atoms with Crippen molar-refractivity contribution in [1.29, 1.82) is 0 Å². The first-order valence-corrected chi connectivity index (χ1v) is 6.62. The molecule has 0 unspecified atom stereocenters. The maximum absolute atomic E-state index is 5.99. The summed E-state index contributed by atoms with van der Waals surface area (Å²) in [5.41, 5.74) is 7.60. The van der Waals surface area contributed by atoms with Crippen LogP contribution < -0.4 is 15.2 Å². The van der Waals surface area contributed by atoms with Crippen LogP contribution in [-0.2, 0) is 5.41 Å². The molecule has 2 rings (SSSR count). The van der Waals surface area contributed by atoms with Gasteiger partial charge < -0.3 is 15.2 Å². The maximum Gasteiger partial charge on any atom is 0.150 e. The average molecular weight is 271 g/mol. The third-order valence-corrected chi connectivity index (χ3v) is 3.13. The quantitative estimate of drug-likeness (QED) is 0.843. The number of hydrogen-bond acceptors (Lipinski definition) is 3. The molecule has 0 aromatic heterocycles. The third-order valence-electron chi connectivity index (χ3n) is 3.13. The Morgan fingerprint density at radius 3 is 2.25 bits per heavy atom. The second-order valence-corrected chi connectivity index (χ2v) is 5.75. The first kappa shape index (κ1) is 14.3. The van der Waals surface area contributed by atoms with Crippen molar-refractivity contribution in [2.45, 2.75) is 26.2 Å². The van der Waals surface area contributed by atoms with Crippen LogP contribution in [0.4, 0.5) is 5.69 Å². The summed E-state index contributed by atoms with van der Waals surface area (Å²) in [4.78, 5) is 0. The first-order chi connectivity index (χ1) is 9.41. The van der Waals surface area contributed by atoms with Gasteiger partial charge in [-0.1, -0.05) is 32.9 Å². The van der Waals surface area contributed by atoms with Crippen LogP contribution in [0, 0.1) is 0 Å². The van der Waals surface area contributed by atoms with Gasteiger partial charge in [-0.2, -0.15) is 0 Å². The van der Waals surface area contributed by atoms with Crippen LogP contribution in [0.5, 0.6) is 17.2 Å². The van der Waals surface area contributed by atoms with E-state index in [0.29, 0.717) is 11.4 Å². The molecule has 0 amide bonds. The molecule has 20 heavy (non-hydrogen) atoms. The predicted molar refractivity (Wildman–Crippen MR) is 82.6 cm³/mol. The van der Waals surface area contributed by atoms with Crippen molar-refractivity contribution >= 4 is 5.69 Å². The minimum atomic E-state index is -0.0482. The molecule has 2 aromatic carbocycles. The van der Waals surface area contributed by atoms with Crippen molar-refractivity contribution in [3.05, 3.63) is 48.0 Å². The van der Waals surface area contributed by atoms with E-state index in [1.807, 2.05) is 42.5 Å². The van der Waals surface area contributed by atoms with Crippen molar-refractivity contribution in [3.63, 3.8) is 0 Å². The van der Waals surface area contributed by atoms with Gasteiger partial charge in [0.25, 0.3) is 0 Å². The number of methoxy groups -OCH3 is 1. The standard InChI is InChI=1S/C17H21NO2/c1-17(2,3)13-11-12(19-4)9-10-15(13)20-16-8-6-5-7-14(16)18/h5-11H,18H2,1-4H3. The highest BCUT2D eigenvalue weighted by Crippen LogP contribution is 2.37. The molecule has 0 atom stereocenters. The van der Waals surface area contributed by atoms with Crippen LogP contribution in [0.15, 0.2) is 42.5 Å². The number of benzene rings is 2. The van der Waals surface area contributed by atoms with Gasteiger partial charge in [-0.25, -0.2) is 0 Å². The van der Waals surface area contributed by atoms with Gasteiger partial charge in [-0.05, 0) is 35.7 Å². The molecule has 0 radical (unpaired) electrons. The fraction of sp³-hybridized carbons (Fsp3) is 0.294. The van der Waals surface area contributed by atoms with Crippen molar-refractivity contribution < 1.29 is 9.47 Å². The molecule has 106 valence electrons. The Kier molecular flexibility index (Phi) is 3.89. The van der Waals surface area contributed by atoms with Crippen LogP contribution in [0.3, 0.4) is 0 Å². The number of anilines is 1. The molecule has 3 heteroatoms. The molecular weight excluding hydrogens is 250 g/mol. The zero-order valence-corrected chi connectivity index (χ0v) is 12.4. The van der Waals surface area contributed by atoms with Gasteiger partial charge in [0.15, 0.2) is 0 Å². The zero-order valence-electron chi connectivity index (χ0n) is 12.4. The summed E-state index contributed by atoms with van der Waals surface area (Å²) in [5.74, 6) is 2.29. The number of para-hydroxylation sites is 2. The van der Waals surface area contributed by atoms with E-state index in [4.69, 9.17) is 15.2 Å². The predicted octanol–water partition coefficient (Wildman–Crippen LogP) is 4.37.